The minimum atomic E-state index is -0.619. The Bertz CT molecular complexity index is 1270. The van der Waals surface area contributed by atoms with Crippen LogP contribution in [0.1, 0.15) is 27.8 Å². The quantitative estimate of drug-likeness (QED) is 0.140. The molecule has 35 heavy (non-hydrogen) atoms. The molecule has 0 amide bonds. The largest absolute Gasteiger partial charge is 0.497 e. The first kappa shape index (κ1) is 26.2. The van der Waals surface area contributed by atoms with Crippen molar-refractivity contribution in [3.05, 3.63) is 116 Å². The van der Waals surface area contributed by atoms with Gasteiger partial charge in [-0.3, -0.25) is 4.98 Å². The Balaban J connectivity index is 1.62. The number of halogens is 4. The number of methoxy groups -OCH3 is 1. The fourth-order valence-electron chi connectivity index (χ4n) is 3.36. The molecule has 8 heteroatoms. The zero-order chi connectivity index (χ0) is 24.8. The van der Waals surface area contributed by atoms with Crippen molar-refractivity contribution in [2.24, 2.45) is 0 Å². The van der Waals surface area contributed by atoms with Gasteiger partial charge in [0, 0.05) is 25.8 Å². The van der Waals surface area contributed by atoms with E-state index in [1.807, 2.05) is 60.7 Å². The first-order valence-corrected chi connectivity index (χ1v) is 13.6. The molecule has 0 aliphatic rings. The van der Waals surface area contributed by atoms with Gasteiger partial charge in [0.2, 0.25) is 0 Å². The maximum Gasteiger partial charge on any atom is 0.151 e. The highest BCUT2D eigenvalue weighted by Gasteiger charge is 2.21. The normalized spacial score (nSPS) is 11.8. The lowest BCUT2D eigenvalue weighted by Crippen LogP contribution is -2.02. The monoisotopic (exact) mass is 607 g/mol. The standard InChI is InChI=1S/C27H21BrCl3NO2S/c1-33-20-9-7-18(8-10-20)16-35-25-13-23(27(31)26-21(29)11-19(28)12-22(26)30)32-14-24(25)34-15-17-5-3-2-4-6-17/h2-14,27H,15-16H2,1H3. The number of thioether (sulfide) groups is 1. The van der Waals surface area contributed by atoms with Crippen LogP contribution in [0.3, 0.4) is 0 Å². The van der Waals surface area contributed by atoms with Crippen LogP contribution >= 0.6 is 62.5 Å². The second-order valence-electron chi connectivity index (χ2n) is 7.61. The second-order valence-corrected chi connectivity index (χ2v) is 10.8. The van der Waals surface area contributed by atoms with E-state index in [0.717, 1.165) is 32.0 Å². The number of rotatable bonds is 9. The Morgan fingerprint density at radius 3 is 2.29 bits per heavy atom. The molecule has 0 aliphatic heterocycles. The van der Waals surface area contributed by atoms with Crippen molar-refractivity contribution < 1.29 is 9.47 Å². The predicted octanol–water partition coefficient (Wildman–Crippen LogP) is 9.36. The molecule has 180 valence electrons. The van der Waals surface area contributed by atoms with Crippen molar-refractivity contribution >= 4 is 62.5 Å². The van der Waals surface area contributed by atoms with Crippen molar-refractivity contribution in [2.45, 2.75) is 22.6 Å². The van der Waals surface area contributed by atoms with Crippen LogP contribution < -0.4 is 9.47 Å². The molecule has 3 aromatic carbocycles. The number of hydrogen-bond acceptors (Lipinski definition) is 4. The summed E-state index contributed by atoms with van der Waals surface area (Å²) in [7, 11) is 1.66. The van der Waals surface area contributed by atoms with Crippen LogP contribution in [0.2, 0.25) is 10.0 Å². The van der Waals surface area contributed by atoms with E-state index < -0.39 is 5.38 Å². The second kappa shape index (κ2) is 12.4. The van der Waals surface area contributed by atoms with Crippen molar-refractivity contribution in [1.29, 1.82) is 0 Å². The Kier molecular flexibility index (Phi) is 9.26. The third-order valence-electron chi connectivity index (χ3n) is 5.20. The average Bonchev–Trinajstić information content (AvgIpc) is 2.86. The number of pyridine rings is 1. The van der Waals surface area contributed by atoms with Gasteiger partial charge in [-0.1, -0.05) is 81.6 Å². The first-order chi connectivity index (χ1) is 16.9. The van der Waals surface area contributed by atoms with Gasteiger partial charge in [-0.05, 0) is 41.5 Å². The fourth-order valence-corrected chi connectivity index (χ4v) is 6.23. The molecule has 4 rings (SSSR count). The lowest BCUT2D eigenvalue weighted by molar-refractivity contribution is 0.297. The Morgan fingerprint density at radius 1 is 0.943 bits per heavy atom. The summed E-state index contributed by atoms with van der Waals surface area (Å²) in [5.41, 5.74) is 3.49. The molecule has 1 unspecified atom stereocenters. The van der Waals surface area contributed by atoms with Gasteiger partial charge in [0.15, 0.2) is 5.75 Å². The molecule has 1 aromatic heterocycles. The van der Waals surface area contributed by atoms with Crippen LogP contribution in [0.25, 0.3) is 0 Å². The molecule has 4 aromatic rings. The van der Waals surface area contributed by atoms with Gasteiger partial charge in [0.05, 0.1) is 23.9 Å². The number of nitrogens with zero attached hydrogens (tertiary/aromatic N) is 1. The summed E-state index contributed by atoms with van der Waals surface area (Å²) in [6.07, 6.45) is 1.71. The molecule has 0 bridgehead atoms. The molecular weight excluding hydrogens is 589 g/mol. The van der Waals surface area contributed by atoms with Crippen molar-refractivity contribution in [3.8, 4) is 11.5 Å². The van der Waals surface area contributed by atoms with E-state index in [1.165, 1.54) is 0 Å². The minimum absolute atomic E-state index is 0.437. The minimum Gasteiger partial charge on any atom is -0.497 e. The van der Waals surface area contributed by atoms with Gasteiger partial charge in [-0.25, -0.2) is 0 Å². The van der Waals surface area contributed by atoms with E-state index in [-0.39, 0.29) is 0 Å². The van der Waals surface area contributed by atoms with Crippen LogP contribution in [0.15, 0.2) is 88.4 Å². The molecular formula is C27H21BrCl3NO2S. The van der Waals surface area contributed by atoms with Crippen LogP contribution in [-0.4, -0.2) is 12.1 Å². The Morgan fingerprint density at radius 2 is 1.63 bits per heavy atom. The first-order valence-electron chi connectivity index (χ1n) is 10.7. The van der Waals surface area contributed by atoms with E-state index in [2.05, 4.69) is 20.9 Å². The predicted molar refractivity (Wildman–Crippen MR) is 149 cm³/mol. The summed E-state index contributed by atoms with van der Waals surface area (Å²) >= 11 is 24.8. The summed E-state index contributed by atoms with van der Waals surface area (Å²) in [4.78, 5) is 5.52. The van der Waals surface area contributed by atoms with Crippen LogP contribution in [0.4, 0.5) is 0 Å². The number of benzene rings is 3. The Labute approximate surface area is 232 Å². The highest BCUT2D eigenvalue weighted by atomic mass is 79.9. The fraction of sp³-hybridized carbons (Fsp3) is 0.148. The number of aromatic nitrogens is 1. The van der Waals surface area contributed by atoms with Gasteiger partial charge in [0.25, 0.3) is 0 Å². The van der Waals surface area contributed by atoms with Gasteiger partial charge < -0.3 is 9.47 Å². The number of hydrogen-bond donors (Lipinski definition) is 0. The van der Waals surface area contributed by atoms with Gasteiger partial charge in [-0.15, -0.1) is 23.4 Å². The van der Waals surface area contributed by atoms with E-state index in [4.69, 9.17) is 44.3 Å². The van der Waals surface area contributed by atoms with Gasteiger partial charge in [-0.2, -0.15) is 0 Å². The molecule has 1 heterocycles. The average molecular weight is 610 g/mol. The Hall–Kier alpha value is -1.89. The zero-order valence-corrected chi connectivity index (χ0v) is 23.4. The molecule has 0 spiro atoms. The van der Waals surface area contributed by atoms with Crippen molar-refractivity contribution in [2.75, 3.05) is 7.11 Å². The number of ether oxygens (including phenoxy) is 2. The summed E-state index contributed by atoms with van der Waals surface area (Å²) in [5.74, 6) is 2.25. The van der Waals surface area contributed by atoms with Crippen LogP contribution in [-0.2, 0) is 12.4 Å². The molecule has 0 radical (unpaired) electrons. The van der Waals surface area contributed by atoms with E-state index in [9.17, 15) is 0 Å². The lowest BCUT2D eigenvalue weighted by atomic mass is 10.1. The van der Waals surface area contributed by atoms with E-state index in [0.29, 0.717) is 33.7 Å². The molecule has 1 atom stereocenters. The molecule has 0 N–H and O–H groups in total. The number of alkyl halides is 1. The zero-order valence-electron chi connectivity index (χ0n) is 18.7. The summed E-state index contributed by atoms with van der Waals surface area (Å²) < 4.78 is 12.2. The molecule has 3 nitrogen and oxygen atoms in total. The van der Waals surface area contributed by atoms with Crippen molar-refractivity contribution in [3.63, 3.8) is 0 Å². The van der Waals surface area contributed by atoms with E-state index in [1.54, 1.807) is 37.2 Å². The summed E-state index contributed by atoms with van der Waals surface area (Å²) in [5, 5.41) is 0.331. The molecule has 0 fully saturated rings. The van der Waals surface area contributed by atoms with Gasteiger partial charge >= 0.3 is 0 Å². The van der Waals surface area contributed by atoms with Gasteiger partial charge in [0.1, 0.15) is 17.7 Å². The topological polar surface area (TPSA) is 31.4 Å². The molecule has 0 saturated carbocycles. The van der Waals surface area contributed by atoms with Crippen LogP contribution in [0, 0.1) is 0 Å². The highest BCUT2D eigenvalue weighted by Crippen LogP contribution is 2.42. The van der Waals surface area contributed by atoms with Crippen LogP contribution in [0.5, 0.6) is 11.5 Å². The smallest absolute Gasteiger partial charge is 0.151 e. The molecule has 0 aliphatic carbocycles. The summed E-state index contributed by atoms with van der Waals surface area (Å²) in [6.45, 7) is 0.437. The third kappa shape index (κ3) is 6.87. The summed E-state index contributed by atoms with van der Waals surface area (Å²) in [6, 6.07) is 23.5. The maximum atomic E-state index is 6.83. The van der Waals surface area contributed by atoms with E-state index >= 15 is 0 Å². The third-order valence-corrected chi connectivity index (χ3v) is 7.83. The highest BCUT2D eigenvalue weighted by molar-refractivity contribution is 9.10. The molecule has 0 saturated heterocycles. The lowest BCUT2D eigenvalue weighted by Gasteiger charge is -2.17. The SMILES string of the molecule is COc1ccc(CSc2cc(C(Cl)c3c(Cl)cc(Br)cc3Cl)ncc2OCc2ccccc2)cc1. The maximum absolute atomic E-state index is 6.83. The van der Waals surface area contributed by atoms with Crippen molar-refractivity contribution in [1.82, 2.24) is 4.98 Å².